The Morgan fingerprint density at radius 1 is 1.24 bits per heavy atom. The number of rotatable bonds is 3. The molecule has 1 atom stereocenters. The van der Waals surface area contributed by atoms with Crippen LogP contribution in [0.3, 0.4) is 0 Å². The van der Waals surface area contributed by atoms with Crippen molar-refractivity contribution >= 4 is 10.9 Å². The molecule has 5 heteroatoms. The van der Waals surface area contributed by atoms with E-state index in [-0.39, 0.29) is 11.7 Å². The molecule has 2 aromatic heterocycles. The topological polar surface area (TPSA) is 47.4 Å². The first-order valence-corrected chi connectivity index (χ1v) is 8.54. The van der Waals surface area contributed by atoms with Crippen LogP contribution >= 0.6 is 0 Å². The first-order chi connectivity index (χ1) is 12.2. The summed E-state index contributed by atoms with van der Waals surface area (Å²) in [6.07, 6.45) is 3.62. The molecule has 3 aromatic rings. The summed E-state index contributed by atoms with van der Waals surface area (Å²) < 4.78 is 7.63. The summed E-state index contributed by atoms with van der Waals surface area (Å²) in [7, 11) is 1.84. The Labute approximate surface area is 146 Å². The largest absolute Gasteiger partial charge is 0.371 e. The Morgan fingerprint density at radius 3 is 2.96 bits per heavy atom. The fourth-order valence-corrected chi connectivity index (χ4v) is 3.46. The first-order valence-electron chi connectivity index (χ1n) is 8.54. The van der Waals surface area contributed by atoms with Crippen molar-refractivity contribution in [1.82, 2.24) is 14.5 Å². The third-order valence-corrected chi connectivity index (χ3v) is 4.81. The number of pyridine rings is 2. The predicted molar refractivity (Wildman–Crippen MR) is 97.4 cm³/mol. The van der Waals surface area contributed by atoms with Crippen molar-refractivity contribution in [3.63, 3.8) is 0 Å². The third-order valence-electron chi connectivity index (χ3n) is 4.81. The average Bonchev–Trinajstić information content (AvgIpc) is 2.67. The molecule has 1 aromatic carbocycles. The fourth-order valence-electron chi connectivity index (χ4n) is 3.46. The van der Waals surface area contributed by atoms with Crippen molar-refractivity contribution in [3.8, 4) is 0 Å². The number of hydrogen-bond acceptors (Lipinski definition) is 4. The summed E-state index contributed by atoms with van der Waals surface area (Å²) >= 11 is 0. The quantitative estimate of drug-likeness (QED) is 0.738. The zero-order valence-electron chi connectivity index (χ0n) is 14.3. The molecule has 1 aliphatic heterocycles. The van der Waals surface area contributed by atoms with Gasteiger partial charge in [0.2, 0.25) is 0 Å². The van der Waals surface area contributed by atoms with E-state index in [1.807, 2.05) is 49.6 Å². The van der Waals surface area contributed by atoms with Crippen LogP contribution in [0.4, 0.5) is 0 Å². The SMILES string of the molecule is Cn1c(=O)c(CN2CCO[C@@H](c3cccnc3)C2)cc2ccccc21. The minimum Gasteiger partial charge on any atom is -0.371 e. The molecular weight excluding hydrogens is 314 g/mol. The Balaban J connectivity index is 1.59. The number of benzene rings is 1. The molecule has 0 N–H and O–H groups in total. The van der Waals surface area contributed by atoms with E-state index in [0.717, 1.165) is 35.1 Å². The number of fused-ring (bicyclic) bond motifs is 1. The number of nitrogens with zero attached hydrogens (tertiary/aromatic N) is 3. The lowest BCUT2D eigenvalue weighted by molar-refractivity contribution is -0.0332. The molecule has 0 radical (unpaired) electrons. The third kappa shape index (κ3) is 3.21. The number of ether oxygens (including phenoxy) is 1. The van der Waals surface area contributed by atoms with Crippen LogP contribution in [-0.2, 0) is 18.3 Å². The molecule has 1 fully saturated rings. The minimum atomic E-state index is 0.00626. The Kier molecular flexibility index (Phi) is 4.34. The molecule has 4 rings (SSSR count). The fraction of sp³-hybridized carbons (Fsp3) is 0.300. The van der Waals surface area contributed by atoms with Gasteiger partial charge in [-0.25, -0.2) is 0 Å². The lowest BCUT2D eigenvalue weighted by atomic mass is 10.1. The highest BCUT2D eigenvalue weighted by molar-refractivity contribution is 5.79. The van der Waals surface area contributed by atoms with Gasteiger partial charge in [0.25, 0.3) is 5.56 Å². The normalized spacial score (nSPS) is 18.5. The van der Waals surface area contributed by atoms with Crippen molar-refractivity contribution in [2.45, 2.75) is 12.6 Å². The van der Waals surface area contributed by atoms with E-state index in [1.165, 1.54) is 0 Å². The minimum absolute atomic E-state index is 0.00626. The van der Waals surface area contributed by atoms with Gasteiger partial charge in [-0.05, 0) is 23.6 Å². The molecule has 0 saturated carbocycles. The van der Waals surface area contributed by atoms with Gasteiger partial charge >= 0.3 is 0 Å². The second kappa shape index (κ2) is 6.78. The molecule has 0 aliphatic carbocycles. The van der Waals surface area contributed by atoms with Gasteiger partial charge in [-0.3, -0.25) is 14.7 Å². The molecule has 0 bridgehead atoms. The van der Waals surface area contributed by atoms with E-state index in [1.54, 1.807) is 10.8 Å². The summed E-state index contributed by atoms with van der Waals surface area (Å²) in [6, 6.07) is 14.0. The monoisotopic (exact) mass is 335 g/mol. The molecule has 25 heavy (non-hydrogen) atoms. The van der Waals surface area contributed by atoms with Crippen molar-refractivity contribution in [2.75, 3.05) is 19.7 Å². The zero-order chi connectivity index (χ0) is 17.2. The molecule has 0 amide bonds. The van der Waals surface area contributed by atoms with Crippen LogP contribution in [0, 0.1) is 0 Å². The second-order valence-corrected chi connectivity index (χ2v) is 6.47. The maximum absolute atomic E-state index is 12.7. The molecule has 0 unspecified atom stereocenters. The standard InChI is InChI=1S/C20H21N3O2/c1-22-18-7-3-2-5-15(18)11-17(20(22)24)13-23-9-10-25-19(14-23)16-6-4-8-21-12-16/h2-8,11-12,19H,9-10,13-14H2,1H3/t19-/m1/s1. The van der Waals surface area contributed by atoms with E-state index >= 15 is 0 Å². The van der Waals surface area contributed by atoms with Crippen molar-refractivity contribution < 1.29 is 4.74 Å². The zero-order valence-corrected chi connectivity index (χ0v) is 14.3. The summed E-state index contributed by atoms with van der Waals surface area (Å²) in [5, 5.41) is 1.09. The van der Waals surface area contributed by atoms with Crippen molar-refractivity contribution in [3.05, 3.63) is 76.3 Å². The van der Waals surface area contributed by atoms with Crippen LogP contribution in [0.25, 0.3) is 10.9 Å². The van der Waals surface area contributed by atoms with Gasteiger partial charge in [-0.1, -0.05) is 24.3 Å². The van der Waals surface area contributed by atoms with Gasteiger partial charge in [-0.2, -0.15) is 0 Å². The number of para-hydroxylation sites is 1. The second-order valence-electron chi connectivity index (χ2n) is 6.47. The molecule has 5 nitrogen and oxygen atoms in total. The van der Waals surface area contributed by atoms with E-state index in [0.29, 0.717) is 13.2 Å². The van der Waals surface area contributed by atoms with Gasteiger partial charge in [0.15, 0.2) is 0 Å². The van der Waals surface area contributed by atoms with Gasteiger partial charge in [0.1, 0.15) is 0 Å². The summed E-state index contributed by atoms with van der Waals surface area (Å²) in [5.74, 6) is 0. The Hall–Kier alpha value is -2.50. The van der Waals surface area contributed by atoms with Crippen LogP contribution in [0.15, 0.2) is 59.7 Å². The average molecular weight is 335 g/mol. The first kappa shape index (κ1) is 16.0. The van der Waals surface area contributed by atoms with Crippen LogP contribution < -0.4 is 5.56 Å². The van der Waals surface area contributed by atoms with Crippen molar-refractivity contribution in [2.24, 2.45) is 7.05 Å². The highest BCUT2D eigenvalue weighted by atomic mass is 16.5. The van der Waals surface area contributed by atoms with E-state index < -0.39 is 0 Å². The number of morpholine rings is 1. The summed E-state index contributed by atoms with van der Waals surface area (Å²) in [6.45, 7) is 2.89. The van der Waals surface area contributed by atoms with E-state index in [4.69, 9.17) is 4.74 Å². The molecule has 1 aliphatic rings. The van der Waals surface area contributed by atoms with Gasteiger partial charge in [0, 0.05) is 50.2 Å². The molecule has 0 spiro atoms. The van der Waals surface area contributed by atoms with Crippen LogP contribution in [0.5, 0.6) is 0 Å². The number of aryl methyl sites for hydroxylation is 1. The smallest absolute Gasteiger partial charge is 0.255 e. The maximum atomic E-state index is 12.7. The van der Waals surface area contributed by atoms with Crippen LogP contribution in [0.1, 0.15) is 17.2 Å². The van der Waals surface area contributed by atoms with Gasteiger partial charge in [0.05, 0.1) is 18.2 Å². The predicted octanol–water partition coefficient (Wildman–Crippen LogP) is 2.51. The Bertz CT molecular complexity index is 937. The van der Waals surface area contributed by atoms with E-state index in [9.17, 15) is 4.79 Å². The van der Waals surface area contributed by atoms with Gasteiger partial charge < -0.3 is 9.30 Å². The van der Waals surface area contributed by atoms with E-state index in [2.05, 4.69) is 16.0 Å². The number of aromatic nitrogens is 2. The maximum Gasteiger partial charge on any atom is 0.255 e. The number of hydrogen-bond donors (Lipinski definition) is 0. The van der Waals surface area contributed by atoms with Crippen LogP contribution in [0.2, 0.25) is 0 Å². The molecule has 128 valence electrons. The van der Waals surface area contributed by atoms with Gasteiger partial charge in [-0.15, -0.1) is 0 Å². The van der Waals surface area contributed by atoms with Crippen LogP contribution in [-0.4, -0.2) is 34.1 Å². The summed E-state index contributed by atoms with van der Waals surface area (Å²) in [4.78, 5) is 19.2. The molecular formula is C20H21N3O2. The lowest BCUT2D eigenvalue weighted by Crippen LogP contribution is -2.39. The lowest BCUT2D eigenvalue weighted by Gasteiger charge is -2.33. The Morgan fingerprint density at radius 2 is 2.12 bits per heavy atom. The molecule has 3 heterocycles. The highest BCUT2D eigenvalue weighted by Gasteiger charge is 2.23. The summed E-state index contributed by atoms with van der Waals surface area (Å²) in [5.41, 5.74) is 2.95. The highest BCUT2D eigenvalue weighted by Crippen LogP contribution is 2.22. The van der Waals surface area contributed by atoms with Crippen molar-refractivity contribution in [1.29, 1.82) is 0 Å². The molecule has 1 saturated heterocycles.